The largest absolute Gasteiger partial charge is 0.353 e. The van der Waals surface area contributed by atoms with E-state index in [1.807, 2.05) is 0 Å². The summed E-state index contributed by atoms with van der Waals surface area (Å²) in [5.41, 5.74) is -0.298. The number of nitro groups is 1. The molecule has 2 aliphatic heterocycles. The van der Waals surface area contributed by atoms with E-state index in [2.05, 4.69) is 24.1 Å². The van der Waals surface area contributed by atoms with E-state index in [-0.39, 0.29) is 5.70 Å². The van der Waals surface area contributed by atoms with Crippen LogP contribution in [0.15, 0.2) is 11.5 Å². The van der Waals surface area contributed by atoms with E-state index in [0.717, 1.165) is 6.54 Å². The molecule has 0 amide bonds. The van der Waals surface area contributed by atoms with E-state index < -0.39 is 16.7 Å². The lowest BCUT2D eigenvalue weighted by Crippen LogP contribution is -2.38. The highest BCUT2D eigenvalue weighted by Crippen LogP contribution is 2.25. The predicted molar refractivity (Wildman–Crippen MR) is 65.0 cm³/mol. The van der Waals surface area contributed by atoms with Crippen LogP contribution < -0.4 is 5.32 Å². The third-order valence-electron chi connectivity index (χ3n) is 3.58. The third-order valence-corrected chi connectivity index (χ3v) is 3.58. The zero-order valence-corrected chi connectivity index (χ0v) is 10.8. The first kappa shape index (κ1) is 12.8. The molecule has 0 spiro atoms. The summed E-state index contributed by atoms with van der Waals surface area (Å²) in [6.45, 7) is 7.82. The van der Waals surface area contributed by atoms with Crippen molar-refractivity contribution in [2.24, 2.45) is 0 Å². The number of carbonyl (C=O) groups is 1. The average molecular weight is 254 g/mol. The molecule has 7 nitrogen and oxygen atoms in total. The lowest BCUT2D eigenvalue weighted by molar-refractivity contribution is -0.419. The second kappa shape index (κ2) is 4.56. The molecule has 1 saturated heterocycles. The van der Waals surface area contributed by atoms with Gasteiger partial charge in [-0.15, -0.1) is 0 Å². The Kier molecular flexibility index (Phi) is 3.25. The Morgan fingerprint density at radius 3 is 2.67 bits per heavy atom. The van der Waals surface area contributed by atoms with Crippen LogP contribution in [0, 0.1) is 10.1 Å². The molecular weight excluding hydrogens is 236 g/mol. The molecule has 1 atom stereocenters. The highest BCUT2D eigenvalue weighted by Gasteiger charge is 2.45. The molecule has 0 aromatic heterocycles. The van der Waals surface area contributed by atoms with Gasteiger partial charge in [-0.1, -0.05) is 0 Å². The molecule has 18 heavy (non-hydrogen) atoms. The molecule has 0 bridgehead atoms. The molecule has 100 valence electrons. The van der Waals surface area contributed by atoms with Gasteiger partial charge in [-0.05, 0) is 20.8 Å². The number of hydrogen-bond donors (Lipinski definition) is 1. The number of fused-ring (bicyclic) bond motifs is 1. The molecule has 1 unspecified atom stereocenters. The number of Topliss-reactive ketones (excluding diaryl/α,β-unsaturated/α-hetero) is 1. The Labute approximate surface area is 106 Å². The van der Waals surface area contributed by atoms with Crippen molar-refractivity contribution in [2.75, 3.05) is 19.8 Å². The van der Waals surface area contributed by atoms with Gasteiger partial charge in [0, 0.05) is 19.1 Å². The summed E-state index contributed by atoms with van der Waals surface area (Å²) in [7, 11) is 0. The van der Waals surface area contributed by atoms with Crippen molar-refractivity contribution in [3.05, 3.63) is 21.6 Å². The molecule has 0 radical (unpaired) electrons. The molecule has 2 rings (SSSR count). The summed E-state index contributed by atoms with van der Waals surface area (Å²) in [6.07, 6.45) is 0. The van der Waals surface area contributed by atoms with Gasteiger partial charge in [0.05, 0.1) is 17.6 Å². The van der Waals surface area contributed by atoms with E-state index >= 15 is 0 Å². The van der Waals surface area contributed by atoms with Gasteiger partial charge in [-0.2, -0.15) is 0 Å². The summed E-state index contributed by atoms with van der Waals surface area (Å²) < 4.78 is 0. The number of nitrogens with zero attached hydrogens (tertiary/aromatic N) is 3. The zero-order chi connectivity index (χ0) is 13.4. The van der Waals surface area contributed by atoms with E-state index in [1.165, 1.54) is 0 Å². The van der Waals surface area contributed by atoms with Gasteiger partial charge in [0.15, 0.2) is 5.82 Å². The van der Waals surface area contributed by atoms with Gasteiger partial charge in [0.1, 0.15) is 0 Å². The van der Waals surface area contributed by atoms with Crippen LogP contribution in [-0.4, -0.2) is 52.3 Å². The molecule has 1 fully saturated rings. The van der Waals surface area contributed by atoms with Crippen LogP contribution in [0.3, 0.4) is 0 Å². The fourth-order valence-electron chi connectivity index (χ4n) is 2.39. The minimum absolute atomic E-state index is 0.298. The highest BCUT2D eigenvalue weighted by atomic mass is 16.6. The number of carbonyl (C=O) groups excluding carboxylic acids is 1. The van der Waals surface area contributed by atoms with Gasteiger partial charge >= 0.3 is 5.70 Å². The summed E-state index contributed by atoms with van der Waals surface area (Å²) in [5, 5.41) is 14.0. The molecule has 2 heterocycles. The van der Waals surface area contributed by atoms with Crippen LogP contribution in [0.5, 0.6) is 0 Å². The smallest absolute Gasteiger partial charge is 0.353 e. The maximum absolute atomic E-state index is 11.8. The number of ketones is 1. The SMILES string of the molecule is CC(C)N1CCN2C(=C([N+](=O)[O-])C(=O)C2C)NC1. The van der Waals surface area contributed by atoms with Crippen molar-refractivity contribution >= 4 is 5.78 Å². The van der Waals surface area contributed by atoms with Crippen molar-refractivity contribution in [2.45, 2.75) is 32.9 Å². The van der Waals surface area contributed by atoms with E-state index in [1.54, 1.807) is 11.8 Å². The van der Waals surface area contributed by atoms with Gasteiger partial charge in [-0.3, -0.25) is 19.8 Å². The lowest BCUT2D eigenvalue weighted by Gasteiger charge is -2.24. The molecule has 7 heteroatoms. The quantitative estimate of drug-likeness (QED) is 0.551. The van der Waals surface area contributed by atoms with Gasteiger partial charge in [0.25, 0.3) is 5.78 Å². The van der Waals surface area contributed by atoms with Crippen molar-refractivity contribution < 1.29 is 9.72 Å². The van der Waals surface area contributed by atoms with Gasteiger partial charge in [0.2, 0.25) is 0 Å². The molecule has 0 saturated carbocycles. The molecule has 0 aromatic carbocycles. The molecule has 1 N–H and O–H groups in total. The number of rotatable bonds is 2. The van der Waals surface area contributed by atoms with Crippen LogP contribution in [0.25, 0.3) is 0 Å². The first-order chi connectivity index (χ1) is 8.43. The van der Waals surface area contributed by atoms with Crippen molar-refractivity contribution in [1.29, 1.82) is 0 Å². The fourth-order valence-corrected chi connectivity index (χ4v) is 2.39. The summed E-state index contributed by atoms with van der Waals surface area (Å²) in [6, 6.07) is -0.0804. The fraction of sp³-hybridized carbons (Fsp3) is 0.727. The number of nitrogens with one attached hydrogen (secondary N) is 1. The van der Waals surface area contributed by atoms with Crippen LogP contribution in [0.4, 0.5) is 0 Å². The van der Waals surface area contributed by atoms with Crippen LogP contribution in [0.1, 0.15) is 20.8 Å². The minimum Gasteiger partial charge on any atom is -0.353 e. The Balaban J connectivity index is 2.30. The van der Waals surface area contributed by atoms with E-state index in [0.29, 0.717) is 25.1 Å². The monoisotopic (exact) mass is 254 g/mol. The van der Waals surface area contributed by atoms with Crippen LogP contribution in [0.2, 0.25) is 0 Å². The van der Waals surface area contributed by atoms with Gasteiger partial charge in [-0.25, -0.2) is 0 Å². The Morgan fingerprint density at radius 2 is 2.11 bits per heavy atom. The second-order valence-corrected chi connectivity index (χ2v) is 4.93. The maximum Gasteiger partial charge on any atom is 0.353 e. The standard InChI is InChI=1S/C11H18N4O3/c1-7(2)13-4-5-14-8(3)10(16)9(15(17)18)11(14)12-6-13/h7-8,12H,4-6H2,1-3H3. The van der Waals surface area contributed by atoms with E-state index in [4.69, 9.17) is 0 Å². The Morgan fingerprint density at radius 1 is 1.44 bits per heavy atom. The van der Waals surface area contributed by atoms with Crippen molar-refractivity contribution in [3.8, 4) is 0 Å². The van der Waals surface area contributed by atoms with E-state index in [9.17, 15) is 14.9 Å². The summed E-state index contributed by atoms with van der Waals surface area (Å²) in [5.74, 6) is -0.0267. The molecule has 0 aliphatic carbocycles. The Hall–Kier alpha value is -1.63. The highest BCUT2D eigenvalue weighted by molar-refractivity contribution is 6.00. The Bertz CT molecular complexity index is 419. The second-order valence-electron chi connectivity index (χ2n) is 4.93. The minimum atomic E-state index is -0.577. The first-order valence-electron chi connectivity index (χ1n) is 6.11. The lowest BCUT2D eigenvalue weighted by atomic mass is 10.2. The summed E-state index contributed by atoms with van der Waals surface area (Å²) >= 11 is 0. The normalized spacial score (nSPS) is 25.2. The van der Waals surface area contributed by atoms with Crippen molar-refractivity contribution in [3.63, 3.8) is 0 Å². The topological polar surface area (TPSA) is 78.7 Å². The molecule has 0 aromatic rings. The van der Waals surface area contributed by atoms with Crippen LogP contribution in [-0.2, 0) is 4.79 Å². The maximum atomic E-state index is 11.8. The molecule has 2 aliphatic rings. The third kappa shape index (κ3) is 1.94. The molecular formula is C11H18N4O3. The van der Waals surface area contributed by atoms with Crippen molar-refractivity contribution in [1.82, 2.24) is 15.1 Å². The first-order valence-corrected chi connectivity index (χ1v) is 6.11. The van der Waals surface area contributed by atoms with Gasteiger partial charge < -0.3 is 10.2 Å². The zero-order valence-electron chi connectivity index (χ0n) is 10.8. The predicted octanol–water partition coefficient (Wildman–Crippen LogP) is -0.0235. The summed E-state index contributed by atoms with van der Waals surface area (Å²) in [4.78, 5) is 26.2. The average Bonchev–Trinajstić information content (AvgIpc) is 2.47. The number of hydrogen-bond acceptors (Lipinski definition) is 6. The van der Waals surface area contributed by atoms with Crippen LogP contribution >= 0.6 is 0 Å².